The van der Waals surface area contributed by atoms with E-state index in [9.17, 15) is 18.0 Å². The third-order valence-electron chi connectivity index (χ3n) is 4.80. The molecule has 0 radical (unpaired) electrons. The van der Waals surface area contributed by atoms with Gasteiger partial charge in [-0.25, -0.2) is 9.78 Å². The molecule has 174 valence electrons. The number of nitrogens with zero attached hydrogens (tertiary/aromatic N) is 2. The van der Waals surface area contributed by atoms with E-state index in [4.69, 9.17) is 9.47 Å². The summed E-state index contributed by atoms with van der Waals surface area (Å²) < 4.78 is 52.3. The molecule has 12 heteroatoms. The SMILES string of the molecule is CNc1nccc(O[C@H]2CC[C@H](NC(=O)Nc3cc(OC(F)(F)F)ccc3OC)CC2)n1. The highest BCUT2D eigenvalue weighted by Gasteiger charge is 2.31. The average molecular weight is 455 g/mol. The molecule has 0 spiro atoms. The predicted molar refractivity (Wildman–Crippen MR) is 110 cm³/mol. The van der Waals surface area contributed by atoms with Crippen molar-refractivity contribution in [3.8, 4) is 17.4 Å². The van der Waals surface area contributed by atoms with Gasteiger partial charge in [0.25, 0.3) is 0 Å². The Morgan fingerprint density at radius 3 is 2.56 bits per heavy atom. The van der Waals surface area contributed by atoms with Gasteiger partial charge in [-0.05, 0) is 37.8 Å². The van der Waals surface area contributed by atoms with Gasteiger partial charge in [0.2, 0.25) is 11.8 Å². The summed E-state index contributed by atoms with van der Waals surface area (Å²) >= 11 is 0. The Labute approximate surface area is 182 Å². The Hall–Kier alpha value is -3.44. The molecular weight excluding hydrogens is 431 g/mol. The zero-order valence-corrected chi connectivity index (χ0v) is 17.5. The molecule has 9 nitrogen and oxygen atoms in total. The van der Waals surface area contributed by atoms with Crippen molar-refractivity contribution in [2.24, 2.45) is 0 Å². The fraction of sp³-hybridized carbons (Fsp3) is 0.450. The van der Waals surface area contributed by atoms with Crippen LogP contribution in [0.5, 0.6) is 17.4 Å². The molecule has 0 unspecified atom stereocenters. The van der Waals surface area contributed by atoms with Crippen LogP contribution in [0.15, 0.2) is 30.5 Å². The van der Waals surface area contributed by atoms with E-state index >= 15 is 0 Å². The number of methoxy groups -OCH3 is 1. The maximum Gasteiger partial charge on any atom is 0.573 e. The minimum Gasteiger partial charge on any atom is -0.495 e. The molecule has 0 saturated heterocycles. The van der Waals surface area contributed by atoms with E-state index in [2.05, 4.69) is 30.7 Å². The largest absolute Gasteiger partial charge is 0.573 e. The van der Waals surface area contributed by atoms with Gasteiger partial charge in [0.05, 0.1) is 12.8 Å². The summed E-state index contributed by atoms with van der Waals surface area (Å²) in [5.74, 6) is 0.691. The fourth-order valence-corrected chi connectivity index (χ4v) is 3.35. The van der Waals surface area contributed by atoms with Crippen LogP contribution >= 0.6 is 0 Å². The smallest absolute Gasteiger partial charge is 0.495 e. The predicted octanol–water partition coefficient (Wildman–Crippen LogP) is 3.94. The second kappa shape index (κ2) is 10.2. The van der Waals surface area contributed by atoms with E-state index in [1.165, 1.54) is 13.2 Å². The molecule has 1 heterocycles. The number of rotatable bonds is 7. The quantitative estimate of drug-likeness (QED) is 0.581. The van der Waals surface area contributed by atoms with Crippen molar-refractivity contribution < 1.29 is 32.2 Å². The van der Waals surface area contributed by atoms with Crippen LogP contribution in [0.1, 0.15) is 25.7 Å². The number of hydrogen-bond acceptors (Lipinski definition) is 7. The number of benzene rings is 1. The summed E-state index contributed by atoms with van der Waals surface area (Å²) in [5, 5.41) is 8.20. The Morgan fingerprint density at radius 2 is 1.91 bits per heavy atom. The Kier molecular flexibility index (Phi) is 7.44. The summed E-state index contributed by atoms with van der Waals surface area (Å²) in [6.07, 6.45) is -0.493. The average Bonchev–Trinajstić information content (AvgIpc) is 2.74. The third-order valence-corrected chi connectivity index (χ3v) is 4.80. The van der Waals surface area contributed by atoms with Gasteiger partial charge in [0.1, 0.15) is 17.6 Å². The molecule has 0 bridgehead atoms. The van der Waals surface area contributed by atoms with E-state index in [1.54, 1.807) is 19.3 Å². The van der Waals surface area contributed by atoms with Gasteiger partial charge in [-0.2, -0.15) is 4.98 Å². The van der Waals surface area contributed by atoms with Crippen molar-refractivity contribution in [2.75, 3.05) is 24.8 Å². The highest BCUT2D eigenvalue weighted by molar-refractivity contribution is 5.91. The summed E-state index contributed by atoms with van der Waals surface area (Å²) in [4.78, 5) is 20.7. The molecule has 1 aromatic carbocycles. The molecule has 1 saturated carbocycles. The number of aromatic nitrogens is 2. The van der Waals surface area contributed by atoms with Gasteiger partial charge in [-0.1, -0.05) is 0 Å². The highest BCUT2D eigenvalue weighted by atomic mass is 19.4. The highest BCUT2D eigenvalue weighted by Crippen LogP contribution is 2.32. The normalized spacial score (nSPS) is 18.4. The molecule has 0 aliphatic heterocycles. The first-order valence-corrected chi connectivity index (χ1v) is 9.94. The zero-order valence-electron chi connectivity index (χ0n) is 17.5. The maximum atomic E-state index is 12.5. The van der Waals surface area contributed by atoms with Crippen molar-refractivity contribution >= 4 is 17.7 Å². The van der Waals surface area contributed by atoms with Crippen molar-refractivity contribution in [3.63, 3.8) is 0 Å². The van der Waals surface area contributed by atoms with Crippen LogP contribution in [0.4, 0.5) is 29.6 Å². The number of carbonyl (C=O) groups is 1. The Morgan fingerprint density at radius 1 is 1.16 bits per heavy atom. The number of anilines is 2. The molecule has 1 aliphatic rings. The van der Waals surface area contributed by atoms with Crippen LogP contribution in [0.25, 0.3) is 0 Å². The van der Waals surface area contributed by atoms with E-state index < -0.39 is 18.1 Å². The molecule has 2 amide bonds. The number of nitrogens with one attached hydrogen (secondary N) is 3. The topological polar surface area (TPSA) is 107 Å². The number of amides is 2. The first-order chi connectivity index (χ1) is 15.3. The Bertz CT molecular complexity index is 920. The van der Waals surface area contributed by atoms with Crippen molar-refractivity contribution in [1.82, 2.24) is 15.3 Å². The summed E-state index contributed by atoms with van der Waals surface area (Å²) in [6.45, 7) is 0. The maximum absolute atomic E-state index is 12.5. The number of carbonyl (C=O) groups excluding carboxylic acids is 1. The lowest BCUT2D eigenvalue weighted by molar-refractivity contribution is -0.274. The molecule has 3 N–H and O–H groups in total. The van der Waals surface area contributed by atoms with E-state index in [0.717, 1.165) is 12.1 Å². The van der Waals surface area contributed by atoms with Crippen LogP contribution < -0.4 is 30.2 Å². The lowest BCUT2D eigenvalue weighted by Gasteiger charge is -2.29. The minimum atomic E-state index is -4.84. The van der Waals surface area contributed by atoms with E-state index in [-0.39, 0.29) is 23.6 Å². The standard InChI is InChI=1S/C20H24F3N5O4/c1-24-18-25-10-9-17(28-18)31-13-5-3-12(4-6-13)26-19(29)27-15-11-14(32-20(21,22)23)7-8-16(15)30-2/h7-13H,3-6H2,1-2H3,(H,24,25,28)(H2,26,27,29)/t12-,13-. The molecular formula is C20H24F3N5O4. The van der Waals surface area contributed by atoms with Gasteiger partial charge in [0.15, 0.2) is 0 Å². The van der Waals surface area contributed by atoms with Gasteiger partial charge in [-0.15, -0.1) is 13.2 Å². The van der Waals surface area contributed by atoms with Crippen LogP contribution in [-0.2, 0) is 0 Å². The molecule has 0 atom stereocenters. The van der Waals surface area contributed by atoms with E-state index in [0.29, 0.717) is 37.5 Å². The number of ether oxygens (including phenoxy) is 3. The summed E-state index contributed by atoms with van der Waals surface area (Å²) in [6, 6.07) is 4.47. The molecule has 1 aliphatic carbocycles. The second-order valence-electron chi connectivity index (χ2n) is 7.07. The van der Waals surface area contributed by atoms with Crippen LogP contribution in [0.3, 0.4) is 0 Å². The molecule has 3 rings (SSSR count). The van der Waals surface area contributed by atoms with Crippen molar-refractivity contribution in [1.29, 1.82) is 0 Å². The van der Waals surface area contributed by atoms with Crippen molar-refractivity contribution in [3.05, 3.63) is 30.5 Å². The number of halogens is 3. The number of hydrogen-bond donors (Lipinski definition) is 3. The molecule has 32 heavy (non-hydrogen) atoms. The van der Waals surface area contributed by atoms with E-state index in [1.807, 2.05) is 0 Å². The van der Waals surface area contributed by atoms with Gasteiger partial charge < -0.3 is 30.2 Å². The van der Waals surface area contributed by atoms with Gasteiger partial charge >= 0.3 is 12.4 Å². The van der Waals surface area contributed by atoms with Crippen LogP contribution in [0, 0.1) is 0 Å². The number of urea groups is 1. The second-order valence-corrected chi connectivity index (χ2v) is 7.07. The third kappa shape index (κ3) is 6.79. The Balaban J connectivity index is 1.51. The number of alkyl halides is 3. The fourth-order valence-electron chi connectivity index (χ4n) is 3.35. The molecule has 2 aromatic rings. The lowest BCUT2D eigenvalue weighted by Crippen LogP contribution is -2.41. The van der Waals surface area contributed by atoms with Gasteiger partial charge in [0, 0.05) is 31.4 Å². The molecule has 1 aromatic heterocycles. The zero-order chi connectivity index (χ0) is 23.1. The first kappa shape index (κ1) is 23.2. The van der Waals surface area contributed by atoms with Crippen molar-refractivity contribution in [2.45, 2.75) is 44.2 Å². The lowest BCUT2D eigenvalue weighted by atomic mass is 9.93. The first-order valence-electron chi connectivity index (χ1n) is 9.94. The monoisotopic (exact) mass is 455 g/mol. The summed E-state index contributed by atoms with van der Waals surface area (Å²) in [5.41, 5.74) is 0.0628. The molecule has 1 fully saturated rings. The van der Waals surface area contributed by atoms with Crippen LogP contribution in [0.2, 0.25) is 0 Å². The van der Waals surface area contributed by atoms with Crippen LogP contribution in [-0.4, -0.2) is 48.7 Å². The van der Waals surface area contributed by atoms with Gasteiger partial charge in [-0.3, -0.25) is 0 Å². The summed E-state index contributed by atoms with van der Waals surface area (Å²) in [7, 11) is 3.07. The minimum absolute atomic E-state index is 0.0352.